The molecular formula is C12H11NO6. The van der Waals surface area contributed by atoms with Gasteiger partial charge in [-0.15, -0.1) is 6.42 Å². The van der Waals surface area contributed by atoms with Crippen LogP contribution in [0.3, 0.4) is 0 Å². The summed E-state index contributed by atoms with van der Waals surface area (Å²) in [4.78, 5) is 21.9. The van der Waals surface area contributed by atoms with Crippen molar-refractivity contribution in [2.45, 2.75) is 0 Å². The summed E-state index contributed by atoms with van der Waals surface area (Å²) in [7, 11) is 3.84. The van der Waals surface area contributed by atoms with Gasteiger partial charge in [-0.2, -0.15) is 0 Å². The summed E-state index contributed by atoms with van der Waals surface area (Å²) in [6, 6.07) is 1.15. The van der Waals surface area contributed by atoms with E-state index in [1.165, 1.54) is 21.3 Å². The van der Waals surface area contributed by atoms with Crippen LogP contribution in [0.15, 0.2) is 6.07 Å². The lowest BCUT2D eigenvalue weighted by molar-refractivity contribution is -0.386. The minimum absolute atomic E-state index is 0.0188. The molecule has 0 aliphatic rings. The normalized spacial score (nSPS) is 9.37. The molecule has 1 rings (SSSR count). The lowest BCUT2D eigenvalue weighted by Crippen LogP contribution is -2.06. The van der Waals surface area contributed by atoms with Gasteiger partial charge in [0.05, 0.1) is 26.3 Å². The monoisotopic (exact) mass is 265 g/mol. The lowest BCUT2D eigenvalue weighted by Gasteiger charge is -2.13. The van der Waals surface area contributed by atoms with Crippen molar-refractivity contribution in [1.29, 1.82) is 0 Å². The van der Waals surface area contributed by atoms with E-state index in [2.05, 4.69) is 0 Å². The van der Waals surface area contributed by atoms with Crippen molar-refractivity contribution in [3.8, 4) is 29.6 Å². The van der Waals surface area contributed by atoms with Crippen molar-refractivity contribution < 1.29 is 23.9 Å². The molecular weight excluding hydrogens is 254 g/mol. The first-order valence-electron chi connectivity index (χ1n) is 5.00. The summed E-state index contributed by atoms with van der Waals surface area (Å²) in [6.45, 7) is 0. The Morgan fingerprint density at radius 2 is 1.84 bits per heavy atom. The number of nitro benzene ring substituents is 1. The molecule has 19 heavy (non-hydrogen) atoms. The molecule has 100 valence electrons. The third-order valence-electron chi connectivity index (χ3n) is 2.36. The average molecular weight is 265 g/mol. The highest BCUT2D eigenvalue weighted by Crippen LogP contribution is 2.46. The van der Waals surface area contributed by atoms with Gasteiger partial charge in [-0.1, -0.05) is 0 Å². The number of ketones is 1. The molecule has 0 radical (unpaired) electrons. The molecule has 1 aromatic rings. The summed E-state index contributed by atoms with van der Waals surface area (Å²) >= 11 is 0. The van der Waals surface area contributed by atoms with E-state index in [-0.39, 0.29) is 22.8 Å². The second-order valence-corrected chi connectivity index (χ2v) is 3.27. The Bertz CT molecular complexity index is 573. The average Bonchev–Trinajstić information content (AvgIpc) is 2.43. The Morgan fingerprint density at radius 1 is 1.26 bits per heavy atom. The molecule has 7 heteroatoms. The fraction of sp³-hybridized carbons (Fsp3) is 0.250. The van der Waals surface area contributed by atoms with E-state index in [0.717, 1.165) is 6.07 Å². The van der Waals surface area contributed by atoms with Gasteiger partial charge in [0.15, 0.2) is 5.75 Å². The number of benzene rings is 1. The van der Waals surface area contributed by atoms with Gasteiger partial charge in [0.1, 0.15) is 5.56 Å². The first kappa shape index (κ1) is 14.3. The zero-order valence-electron chi connectivity index (χ0n) is 10.6. The second kappa shape index (κ2) is 5.73. The smallest absolute Gasteiger partial charge is 0.326 e. The molecule has 0 spiro atoms. The molecule has 0 bridgehead atoms. The predicted octanol–water partition coefficient (Wildman–Crippen LogP) is 1.44. The molecule has 0 N–H and O–H groups in total. The van der Waals surface area contributed by atoms with Gasteiger partial charge in [0, 0.05) is 6.07 Å². The Balaban J connectivity index is 3.79. The van der Waals surface area contributed by atoms with Crippen LogP contribution in [0.5, 0.6) is 17.2 Å². The second-order valence-electron chi connectivity index (χ2n) is 3.27. The zero-order valence-corrected chi connectivity index (χ0v) is 10.6. The van der Waals surface area contributed by atoms with Crippen LogP contribution in [-0.2, 0) is 0 Å². The van der Waals surface area contributed by atoms with Gasteiger partial charge in [0.25, 0.3) is 0 Å². The van der Waals surface area contributed by atoms with Crippen LogP contribution in [-0.4, -0.2) is 32.0 Å². The van der Waals surface area contributed by atoms with Gasteiger partial charge in [-0.3, -0.25) is 14.9 Å². The number of ether oxygens (including phenoxy) is 3. The molecule has 0 amide bonds. The van der Waals surface area contributed by atoms with Crippen LogP contribution < -0.4 is 14.2 Å². The number of nitrogens with zero attached hydrogens (tertiary/aromatic N) is 1. The highest BCUT2D eigenvalue weighted by atomic mass is 16.6. The molecule has 1 aromatic carbocycles. The molecule has 7 nitrogen and oxygen atoms in total. The molecule has 0 aliphatic heterocycles. The standard InChI is InChI=1S/C12H11NO6/c1-5-8(14)7-6-9(17-2)11(18-3)12(19-4)10(7)13(15)16/h1,6H,2-4H3. The molecule has 0 aromatic heterocycles. The minimum Gasteiger partial charge on any atom is -0.493 e. The highest BCUT2D eigenvalue weighted by Gasteiger charge is 2.31. The van der Waals surface area contributed by atoms with Gasteiger partial charge < -0.3 is 14.2 Å². The van der Waals surface area contributed by atoms with E-state index in [1.54, 1.807) is 0 Å². The summed E-state index contributed by atoms with van der Waals surface area (Å²) in [5.41, 5.74) is -0.842. The van der Waals surface area contributed by atoms with Crippen molar-refractivity contribution in [3.05, 3.63) is 21.7 Å². The molecule has 0 atom stereocenters. The summed E-state index contributed by atoms with van der Waals surface area (Å²) in [6.07, 6.45) is 4.99. The Morgan fingerprint density at radius 3 is 2.21 bits per heavy atom. The number of carbonyl (C=O) groups is 1. The van der Waals surface area contributed by atoms with E-state index < -0.39 is 16.4 Å². The van der Waals surface area contributed by atoms with E-state index in [0.29, 0.717) is 0 Å². The number of nitro groups is 1. The fourth-order valence-electron chi connectivity index (χ4n) is 1.57. The van der Waals surface area contributed by atoms with Crippen molar-refractivity contribution >= 4 is 11.5 Å². The Labute approximate surface area is 109 Å². The van der Waals surface area contributed by atoms with Crippen LogP contribution in [0.1, 0.15) is 10.4 Å². The van der Waals surface area contributed by atoms with Crippen molar-refractivity contribution in [2.24, 2.45) is 0 Å². The number of Topliss-reactive ketones (excluding diaryl/α,β-unsaturated/α-hetero) is 1. The number of hydrogen-bond acceptors (Lipinski definition) is 6. The van der Waals surface area contributed by atoms with Gasteiger partial charge >= 0.3 is 5.69 Å². The number of methoxy groups -OCH3 is 3. The molecule has 0 saturated carbocycles. The maximum atomic E-state index is 11.6. The van der Waals surface area contributed by atoms with Gasteiger partial charge in [-0.05, 0) is 5.92 Å². The number of carbonyl (C=O) groups excluding carboxylic acids is 1. The maximum Gasteiger partial charge on any atom is 0.326 e. The van der Waals surface area contributed by atoms with Crippen LogP contribution in [0.25, 0.3) is 0 Å². The molecule has 0 fully saturated rings. The summed E-state index contributed by atoms with van der Waals surface area (Å²) in [5, 5.41) is 11.1. The van der Waals surface area contributed by atoms with Crippen LogP contribution in [0.2, 0.25) is 0 Å². The van der Waals surface area contributed by atoms with Crippen molar-refractivity contribution in [2.75, 3.05) is 21.3 Å². The van der Waals surface area contributed by atoms with Gasteiger partial charge in [0.2, 0.25) is 17.3 Å². The number of hydrogen-bond donors (Lipinski definition) is 0. The third-order valence-corrected chi connectivity index (χ3v) is 2.36. The SMILES string of the molecule is C#CC(=O)c1cc(OC)c(OC)c(OC)c1[N+](=O)[O-]. The van der Waals surface area contributed by atoms with Crippen molar-refractivity contribution in [1.82, 2.24) is 0 Å². The minimum atomic E-state index is -0.842. The highest BCUT2D eigenvalue weighted by molar-refractivity contribution is 6.12. The summed E-state index contributed by atoms with van der Waals surface area (Å²) < 4.78 is 14.9. The van der Waals surface area contributed by atoms with Crippen molar-refractivity contribution in [3.63, 3.8) is 0 Å². The molecule has 0 aliphatic carbocycles. The third kappa shape index (κ3) is 2.42. The van der Waals surface area contributed by atoms with E-state index in [1.807, 2.05) is 5.92 Å². The number of terminal acetylenes is 1. The Hall–Kier alpha value is -2.75. The molecule has 0 unspecified atom stereocenters. The quantitative estimate of drug-likeness (QED) is 0.263. The summed E-state index contributed by atoms with van der Waals surface area (Å²) in [5.74, 6) is 0.896. The zero-order chi connectivity index (χ0) is 14.6. The predicted molar refractivity (Wildman–Crippen MR) is 65.9 cm³/mol. The topological polar surface area (TPSA) is 87.9 Å². The first-order valence-corrected chi connectivity index (χ1v) is 5.00. The van der Waals surface area contributed by atoms with Crippen LogP contribution >= 0.6 is 0 Å². The molecule has 0 heterocycles. The van der Waals surface area contributed by atoms with Gasteiger partial charge in [-0.25, -0.2) is 0 Å². The van der Waals surface area contributed by atoms with Crippen LogP contribution in [0.4, 0.5) is 5.69 Å². The molecule has 0 saturated heterocycles. The van der Waals surface area contributed by atoms with E-state index >= 15 is 0 Å². The number of rotatable bonds is 5. The first-order chi connectivity index (χ1) is 9.01. The van der Waals surface area contributed by atoms with Crippen LogP contribution in [0, 0.1) is 22.5 Å². The Kier molecular flexibility index (Phi) is 4.32. The van der Waals surface area contributed by atoms with E-state index in [4.69, 9.17) is 20.6 Å². The maximum absolute atomic E-state index is 11.6. The fourth-order valence-corrected chi connectivity index (χ4v) is 1.57. The van der Waals surface area contributed by atoms with E-state index in [9.17, 15) is 14.9 Å². The lowest BCUT2D eigenvalue weighted by atomic mass is 10.1. The largest absolute Gasteiger partial charge is 0.493 e.